The van der Waals surface area contributed by atoms with E-state index in [0.29, 0.717) is 5.75 Å². The van der Waals surface area contributed by atoms with E-state index in [9.17, 15) is 9.90 Å². The molecule has 0 aliphatic carbocycles. The first kappa shape index (κ1) is 13.5. The predicted octanol–water partition coefficient (Wildman–Crippen LogP) is 1.83. The molecule has 1 unspecified atom stereocenters. The number of aryl methyl sites for hydroxylation is 2. The maximum atomic E-state index is 10.7. The van der Waals surface area contributed by atoms with E-state index in [1.807, 2.05) is 32.9 Å². The van der Waals surface area contributed by atoms with E-state index < -0.39 is 11.6 Å². The Labute approximate surface area is 101 Å². The van der Waals surface area contributed by atoms with Crippen molar-refractivity contribution in [3.05, 3.63) is 28.8 Å². The number of aliphatic hydroxyl groups is 1. The first-order valence-corrected chi connectivity index (χ1v) is 5.40. The molecule has 0 heterocycles. The molecular weight excluding hydrogens is 220 g/mol. The van der Waals surface area contributed by atoms with Crippen LogP contribution in [0.25, 0.3) is 0 Å². The smallest absolute Gasteiger partial charge is 0.339 e. The molecule has 94 valence electrons. The highest BCUT2D eigenvalue weighted by atomic mass is 16.5. The molecule has 0 aliphatic heterocycles. The second-order valence-electron chi connectivity index (χ2n) is 4.57. The molecule has 1 aromatic carbocycles. The van der Waals surface area contributed by atoms with E-state index in [-0.39, 0.29) is 6.61 Å². The lowest BCUT2D eigenvalue weighted by Gasteiger charge is -2.20. The van der Waals surface area contributed by atoms with Gasteiger partial charge in [-0.3, -0.25) is 0 Å². The number of hydrogen-bond donors (Lipinski definition) is 2. The van der Waals surface area contributed by atoms with Crippen LogP contribution in [0.15, 0.2) is 12.1 Å². The molecule has 1 atom stereocenters. The van der Waals surface area contributed by atoms with Crippen LogP contribution < -0.4 is 4.74 Å². The first-order chi connectivity index (χ1) is 7.74. The molecule has 0 radical (unpaired) electrons. The van der Waals surface area contributed by atoms with E-state index in [4.69, 9.17) is 9.84 Å². The second-order valence-corrected chi connectivity index (χ2v) is 4.57. The normalized spacial score (nSPS) is 14.2. The topological polar surface area (TPSA) is 66.8 Å². The summed E-state index contributed by atoms with van der Waals surface area (Å²) in [6.07, 6.45) is 0. The van der Waals surface area contributed by atoms with Gasteiger partial charge in [0.2, 0.25) is 0 Å². The Balaban J connectivity index is 2.87. The molecule has 0 fully saturated rings. The zero-order valence-electron chi connectivity index (χ0n) is 10.6. The summed E-state index contributed by atoms with van der Waals surface area (Å²) < 4.78 is 5.39. The quantitative estimate of drug-likeness (QED) is 0.839. The van der Waals surface area contributed by atoms with E-state index in [2.05, 4.69) is 0 Å². The van der Waals surface area contributed by atoms with Crippen LogP contribution in [0.4, 0.5) is 0 Å². The lowest BCUT2D eigenvalue weighted by atomic mass is 10.1. The SMILES string of the molecule is Cc1cc(C)c(C)c(OCC(C)(O)C(=O)O)c1. The molecule has 0 bridgehead atoms. The lowest BCUT2D eigenvalue weighted by molar-refractivity contribution is -0.159. The predicted molar refractivity (Wildman–Crippen MR) is 64.4 cm³/mol. The van der Waals surface area contributed by atoms with Crippen LogP contribution in [0.1, 0.15) is 23.6 Å². The van der Waals surface area contributed by atoms with Gasteiger partial charge >= 0.3 is 5.97 Å². The van der Waals surface area contributed by atoms with Crippen LogP contribution in [0.2, 0.25) is 0 Å². The van der Waals surface area contributed by atoms with E-state index in [1.54, 1.807) is 0 Å². The van der Waals surface area contributed by atoms with Crippen LogP contribution >= 0.6 is 0 Å². The van der Waals surface area contributed by atoms with Gasteiger partial charge in [0.15, 0.2) is 5.60 Å². The number of carboxylic acid groups (broad SMARTS) is 1. The Morgan fingerprint density at radius 3 is 2.47 bits per heavy atom. The third kappa shape index (κ3) is 3.20. The van der Waals surface area contributed by atoms with Gasteiger partial charge in [-0.25, -0.2) is 4.79 Å². The fourth-order valence-electron chi connectivity index (χ4n) is 1.43. The van der Waals surface area contributed by atoms with Gasteiger partial charge in [-0.05, 0) is 50.5 Å². The van der Waals surface area contributed by atoms with Crippen LogP contribution in [0.5, 0.6) is 5.75 Å². The van der Waals surface area contributed by atoms with Gasteiger partial charge < -0.3 is 14.9 Å². The Bertz CT molecular complexity index is 435. The van der Waals surface area contributed by atoms with Crippen LogP contribution in [-0.2, 0) is 4.79 Å². The minimum atomic E-state index is -1.87. The molecule has 2 N–H and O–H groups in total. The molecule has 17 heavy (non-hydrogen) atoms. The number of benzene rings is 1. The molecule has 0 amide bonds. The summed E-state index contributed by atoms with van der Waals surface area (Å²) in [4.78, 5) is 10.7. The van der Waals surface area contributed by atoms with Crippen molar-refractivity contribution in [2.75, 3.05) is 6.61 Å². The van der Waals surface area contributed by atoms with Crippen molar-refractivity contribution in [2.45, 2.75) is 33.3 Å². The van der Waals surface area contributed by atoms with Crippen LogP contribution in [-0.4, -0.2) is 28.4 Å². The molecule has 0 saturated heterocycles. The van der Waals surface area contributed by atoms with E-state index in [0.717, 1.165) is 16.7 Å². The highest BCUT2D eigenvalue weighted by Gasteiger charge is 2.31. The van der Waals surface area contributed by atoms with E-state index >= 15 is 0 Å². The summed E-state index contributed by atoms with van der Waals surface area (Å²) in [5, 5.41) is 18.3. The molecule has 1 aromatic rings. The van der Waals surface area contributed by atoms with Gasteiger partial charge in [-0.1, -0.05) is 6.07 Å². The summed E-state index contributed by atoms with van der Waals surface area (Å²) in [5.41, 5.74) is 1.20. The number of carbonyl (C=O) groups is 1. The minimum absolute atomic E-state index is 0.272. The fourth-order valence-corrected chi connectivity index (χ4v) is 1.43. The average Bonchev–Trinajstić information content (AvgIpc) is 2.21. The number of carboxylic acids is 1. The van der Waals surface area contributed by atoms with Gasteiger partial charge in [0.1, 0.15) is 12.4 Å². The van der Waals surface area contributed by atoms with Gasteiger partial charge in [-0.15, -0.1) is 0 Å². The summed E-state index contributed by atoms with van der Waals surface area (Å²) in [6, 6.07) is 3.86. The second kappa shape index (κ2) is 4.75. The third-order valence-electron chi connectivity index (χ3n) is 2.73. The van der Waals surface area contributed by atoms with Crippen LogP contribution in [0, 0.1) is 20.8 Å². The number of rotatable bonds is 4. The monoisotopic (exact) mass is 238 g/mol. The highest BCUT2D eigenvalue weighted by Crippen LogP contribution is 2.24. The summed E-state index contributed by atoms with van der Waals surface area (Å²) >= 11 is 0. The average molecular weight is 238 g/mol. The Kier molecular flexibility index (Phi) is 3.78. The molecule has 4 nitrogen and oxygen atoms in total. The van der Waals surface area contributed by atoms with Crippen LogP contribution in [0.3, 0.4) is 0 Å². The van der Waals surface area contributed by atoms with Crippen molar-refractivity contribution >= 4 is 5.97 Å². The first-order valence-electron chi connectivity index (χ1n) is 5.40. The Morgan fingerprint density at radius 2 is 1.94 bits per heavy atom. The molecule has 0 saturated carbocycles. The highest BCUT2D eigenvalue weighted by molar-refractivity contribution is 5.76. The van der Waals surface area contributed by atoms with Gasteiger partial charge in [0, 0.05) is 0 Å². The number of ether oxygens (including phenoxy) is 1. The van der Waals surface area contributed by atoms with E-state index in [1.165, 1.54) is 6.92 Å². The number of aliphatic carboxylic acids is 1. The van der Waals surface area contributed by atoms with Gasteiger partial charge in [0.05, 0.1) is 0 Å². The van der Waals surface area contributed by atoms with Gasteiger partial charge in [-0.2, -0.15) is 0 Å². The largest absolute Gasteiger partial charge is 0.490 e. The zero-order chi connectivity index (χ0) is 13.2. The molecule has 1 rings (SSSR count). The summed E-state index contributed by atoms with van der Waals surface area (Å²) in [6.45, 7) is 6.75. The molecule has 0 spiro atoms. The van der Waals surface area contributed by atoms with Crippen molar-refractivity contribution in [1.82, 2.24) is 0 Å². The molecule has 0 aromatic heterocycles. The summed E-state index contributed by atoms with van der Waals surface area (Å²) in [7, 11) is 0. The Morgan fingerprint density at radius 1 is 1.35 bits per heavy atom. The molecule has 0 aliphatic rings. The molecular formula is C13H18O4. The standard InChI is InChI=1S/C13H18O4/c1-8-5-9(2)10(3)11(6-8)17-7-13(4,16)12(14)15/h5-6,16H,7H2,1-4H3,(H,14,15). The van der Waals surface area contributed by atoms with Crippen molar-refractivity contribution in [2.24, 2.45) is 0 Å². The molecule has 4 heteroatoms. The zero-order valence-corrected chi connectivity index (χ0v) is 10.6. The van der Waals surface area contributed by atoms with Gasteiger partial charge in [0.25, 0.3) is 0 Å². The van der Waals surface area contributed by atoms with Crippen molar-refractivity contribution in [1.29, 1.82) is 0 Å². The maximum absolute atomic E-state index is 10.7. The van der Waals surface area contributed by atoms with Crippen molar-refractivity contribution < 1.29 is 19.7 Å². The van der Waals surface area contributed by atoms with Crippen molar-refractivity contribution in [3.8, 4) is 5.75 Å². The Hall–Kier alpha value is -1.55. The fraction of sp³-hybridized carbons (Fsp3) is 0.462. The van der Waals surface area contributed by atoms with Crippen molar-refractivity contribution in [3.63, 3.8) is 0 Å². The third-order valence-corrected chi connectivity index (χ3v) is 2.73. The lowest BCUT2D eigenvalue weighted by Crippen LogP contribution is -2.41. The number of hydrogen-bond acceptors (Lipinski definition) is 3. The minimum Gasteiger partial charge on any atom is -0.490 e. The summed E-state index contributed by atoms with van der Waals surface area (Å²) in [5.74, 6) is -0.677. The maximum Gasteiger partial charge on any atom is 0.339 e.